The molecule has 1 atom stereocenters. The Morgan fingerprint density at radius 3 is 2.58 bits per heavy atom. The summed E-state index contributed by atoms with van der Waals surface area (Å²) in [7, 11) is 0. The fraction of sp³-hybridized carbons (Fsp3) is 0.429. The number of unbranched alkanes of at least 4 members (excludes halogenated alkanes) is 1. The Morgan fingerprint density at radius 2 is 2.05 bits per heavy atom. The number of aliphatic carboxylic acids is 1. The highest BCUT2D eigenvalue weighted by molar-refractivity contribution is 5.97. The summed E-state index contributed by atoms with van der Waals surface area (Å²) in [6.07, 6.45) is 2.00. The smallest absolute Gasteiger partial charge is 0.326 e. The van der Waals surface area contributed by atoms with E-state index in [1.807, 2.05) is 6.92 Å². The molecule has 1 unspecified atom stereocenters. The standard InChI is InChI=1S/C14H19NO4/c1-3-4-5-11(14(18)19)15-13(17)10-7-6-9(2)12(16)8-10/h6-8,11,16H,3-5H2,1-2H3,(H,15,17)(H,18,19). The van der Waals surface area contributed by atoms with Gasteiger partial charge in [0.25, 0.3) is 5.91 Å². The van der Waals surface area contributed by atoms with Crippen molar-refractivity contribution in [2.75, 3.05) is 0 Å². The van der Waals surface area contributed by atoms with Crippen molar-refractivity contribution in [3.63, 3.8) is 0 Å². The highest BCUT2D eigenvalue weighted by atomic mass is 16.4. The molecule has 0 saturated heterocycles. The van der Waals surface area contributed by atoms with Crippen LogP contribution < -0.4 is 5.32 Å². The molecule has 104 valence electrons. The van der Waals surface area contributed by atoms with Crippen LogP contribution in [0.15, 0.2) is 18.2 Å². The molecule has 1 aromatic carbocycles. The van der Waals surface area contributed by atoms with Crippen LogP contribution in [0.5, 0.6) is 5.75 Å². The number of aromatic hydroxyl groups is 1. The van der Waals surface area contributed by atoms with Crippen molar-refractivity contribution in [2.24, 2.45) is 0 Å². The van der Waals surface area contributed by atoms with Gasteiger partial charge in [0.2, 0.25) is 0 Å². The summed E-state index contributed by atoms with van der Waals surface area (Å²) < 4.78 is 0. The van der Waals surface area contributed by atoms with Crippen molar-refractivity contribution in [3.05, 3.63) is 29.3 Å². The molecule has 5 heteroatoms. The minimum atomic E-state index is -1.04. The number of aryl methyl sites for hydroxylation is 1. The van der Waals surface area contributed by atoms with E-state index >= 15 is 0 Å². The number of carboxylic acids is 1. The number of hydrogen-bond donors (Lipinski definition) is 3. The van der Waals surface area contributed by atoms with Gasteiger partial charge in [0.05, 0.1) is 0 Å². The van der Waals surface area contributed by atoms with E-state index in [4.69, 9.17) is 5.11 Å². The second-order valence-corrected chi connectivity index (χ2v) is 4.51. The lowest BCUT2D eigenvalue weighted by molar-refractivity contribution is -0.139. The van der Waals surface area contributed by atoms with Crippen LogP contribution in [-0.2, 0) is 4.79 Å². The van der Waals surface area contributed by atoms with E-state index in [2.05, 4.69) is 5.32 Å². The maximum absolute atomic E-state index is 11.9. The number of nitrogens with one attached hydrogen (secondary N) is 1. The largest absolute Gasteiger partial charge is 0.508 e. The van der Waals surface area contributed by atoms with E-state index < -0.39 is 17.9 Å². The SMILES string of the molecule is CCCCC(NC(=O)c1ccc(C)c(O)c1)C(=O)O. The highest BCUT2D eigenvalue weighted by Crippen LogP contribution is 2.17. The Balaban J connectivity index is 2.75. The first-order valence-electron chi connectivity index (χ1n) is 6.29. The van der Waals surface area contributed by atoms with Crippen LogP contribution in [0.4, 0.5) is 0 Å². The van der Waals surface area contributed by atoms with Crippen LogP contribution in [0.25, 0.3) is 0 Å². The van der Waals surface area contributed by atoms with E-state index in [9.17, 15) is 14.7 Å². The summed E-state index contributed by atoms with van der Waals surface area (Å²) in [5, 5.41) is 21.0. The van der Waals surface area contributed by atoms with Crippen LogP contribution >= 0.6 is 0 Å². The topological polar surface area (TPSA) is 86.6 Å². The number of phenolic OH excluding ortho intramolecular Hbond substituents is 1. The molecule has 1 aromatic rings. The van der Waals surface area contributed by atoms with Gasteiger partial charge in [-0.25, -0.2) is 4.79 Å². The summed E-state index contributed by atoms with van der Waals surface area (Å²) in [6, 6.07) is 3.62. The van der Waals surface area contributed by atoms with Crippen LogP contribution in [0.3, 0.4) is 0 Å². The minimum absolute atomic E-state index is 0.0214. The minimum Gasteiger partial charge on any atom is -0.508 e. The molecule has 5 nitrogen and oxygen atoms in total. The fourth-order valence-corrected chi connectivity index (χ4v) is 1.66. The fourth-order valence-electron chi connectivity index (χ4n) is 1.66. The monoisotopic (exact) mass is 265 g/mol. The van der Waals surface area contributed by atoms with Gasteiger partial charge in [-0.15, -0.1) is 0 Å². The van der Waals surface area contributed by atoms with Gasteiger partial charge in [-0.3, -0.25) is 4.79 Å². The third kappa shape index (κ3) is 4.28. The van der Waals surface area contributed by atoms with Crippen LogP contribution in [-0.4, -0.2) is 28.1 Å². The molecule has 0 aliphatic rings. The second kappa shape index (κ2) is 6.78. The zero-order chi connectivity index (χ0) is 14.4. The van der Waals surface area contributed by atoms with E-state index in [-0.39, 0.29) is 11.3 Å². The number of phenols is 1. The van der Waals surface area contributed by atoms with Crippen LogP contribution in [0, 0.1) is 6.92 Å². The lowest BCUT2D eigenvalue weighted by atomic mass is 10.1. The summed E-state index contributed by atoms with van der Waals surface area (Å²) in [4.78, 5) is 22.9. The molecule has 0 aromatic heterocycles. The average Bonchev–Trinajstić information content (AvgIpc) is 2.37. The van der Waals surface area contributed by atoms with Crippen molar-refractivity contribution in [1.82, 2.24) is 5.32 Å². The summed E-state index contributed by atoms with van der Waals surface area (Å²) in [6.45, 7) is 3.68. The highest BCUT2D eigenvalue weighted by Gasteiger charge is 2.20. The first-order valence-corrected chi connectivity index (χ1v) is 6.29. The Labute approximate surface area is 112 Å². The predicted octanol–water partition coefficient (Wildman–Crippen LogP) is 2.07. The van der Waals surface area contributed by atoms with Gasteiger partial charge in [-0.2, -0.15) is 0 Å². The van der Waals surface area contributed by atoms with Gasteiger partial charge in [-0.1, -0.05) is 25.8 Å². The number of carbonyl (C=O) groups is 2. The van der Waals surface area contributed by atoms with Gasteiger partial charge >= 0.3 is 5.97 Å². The van der Waals surface area contributed by atoms with Crippen LogP contribution in [0.1, 0.15) is 42.1 Å². The van der Waals surface area contributed by atoms with Crippen molar-refractivity contribution in [3.8, 4) is 5.75 Å². The second-order valence-electron chi connectivity index (χ2n) is 4.51. The van der Waals surface area contributed by atoms with Crippen molar-refractivity contribution >= 4 is 11.9 Å². The molecule has 0 fully saturated rings. The Bertz CT molecular complexity index is 471. The molecule has 19 heavy (non-hydrogen) atoms. The average molecular weight is 265 g/mol. The number of benzene rings is 1. The zero-order valence-electron chi connectivity index (χ0n) is 11.1. The number of rotatable bonds is 6. The van der Waals surface area contributed by atoms with Crippen LogP contribution in [0.2, 0.25) is 0 Å². The van der Waals surface area contributed by atoms with Gasteiger partial charge in [0.1, 0.15) is 11.8 Å². The summed E-state index contributed by atoms with van der Waals surface area (Å²) in [5.74, 6) is -1.51. The van der Waals surface area contributed by atoms with E-state index in [1.54, 1.807) is 19.1 Å². The van der Waals surface area contributed by atoms with Gasteiger partial charge < -0.3 is 15.5 Å². The maximum Gasteiger partial charge on any atom is 0.326 e. The molecule has 0 spiro atoms. The molecule has 0 heterocycles. The molecule has 0 saturated carbocycles. The number of hydrogen-bond acceptors (Lipinski definition) is 3. The molecule has 0 bridgehead atoms. The molecule has 1 amide bonds. The van der Waals surface area contributed by atoms with E-state index in [0.717, 1.165) is 12.8 Å². The molecule has 1 rings (SSSR count). The maximum atomic E-state index is 11.9. The normalized spacial score (nSPS) is 11.9. The lowest BCUT2D eigenvalue weighted by Crippen LogP contribution is -2.40. The quantitative estimate of drug-likeness (QED) is 0.735. The Kier molecular flexibility index (Phi) is 5.36. The third-order valence-corrected chi connectivity index (χ3v) is 2.92. The van der Waals surface area contributed by atoms with E-state index in [1.165, 1.54) is 6.07 Å². The number of carboxylic acid groups (broad SMARTS) is 1. The van der Waals surface area contributed by atoms with E-state index in [0.29, 0.717) is 12.0 Å². The molecule has 3 N–H and O–H groups in total. The molecular formula is C14H19NO4. The van der Waals surface area contributed by atoms with Crippen molar-refractivity contribution in [1.29, 1.82) is 0 Å². The first-order chi connectivity index (χ1) is 8.95. The zero-order valence-corrected chi connectivity index (χ0v) is 11.1. The van der Waals surface area contributed by atoms with Gasteiger partial charge in [0.15, 0.2) is 0 Å². The summed E-state index contributed by atoms with van der Waals surface area (Å²) in [5.41, 5.74) is 0.920. The van der Waals surface area contributed by atoms with Crippen molar-refractivity contribution in [2.45, 2.75) is 39.2 Å². The van der Waals surface area contributed by atoms with Crippen molar-refractivity contribution < 1.29 is 19.8 Å². The molecule has 0 radical (unpaired) electrons. The predicted molar refractivity (Wildman–Crippen MR) is 71.3 cm³/mol. The van der Waals surface area contributed by atoms with Gasteiger partial charge in [-0.05, 0) is 31.0 Å². The third-order valence-electron chi connectivity index (χ3n) is 2.92. The Hall–Kier alpha value is -2.04. The molecule has 0 aliphatic carbocycles. The number of carbonyl (C=O) groups excluding carboxylic acids is 1. The number of amides is 1. The van der Waals surface area contributed by atoms with Gasteiger partial charge in [0, 0.05) is 5.56 Å². The summed E-state index contributed by atoms with van der Waals surface area (Å²) >= 11 is 0. The lowest BCUT2D eigenvalue weighted by Gasteiger charge is -2.14. The first kappa shape index (κ1) is 15.0. The Morgan fingerprint density at radius 1 is 1.37 bits per heavy atom. The molecule has 0 aliphatic heterocycles. The molecular weight excluding hydrogens is 246 g/mol.